The fourth-order valence-electron chi connectivity index (χ4n) is 1.18. The van der Waals surface area contributed by atoms with E-state index in [1.165, 1.54) is 0 Å². The third-order valence-corrected chi connectivity index (χ3v) is 2.43. The van der Waals surface area contributed by atoms with E-state index in [1.807, 2.05) is 0 Å². The Morgan fingerprint density at radius 3 is 1.50 bits per heavy atom. The molecule has 0 amide bonds. The van der Waals surface area contributed by atoms with Gasteiger partial charge in [-0.15, -0.1) is 13.2 Å². The summed E-state index contributed by atoms with van der Waals surface area (Å²) in [5.74, 6) is -2.87. The Morgan fingerprint density at radius 2 is 1.30 bits per heavy atom. The standard InChI is InChI=1S/C12H18O7.Na.H/c1-3-5-11(17,7-13)9(15)19-10(16)12(18,8-14)6-4-2;;/h3-4,13-14,17-18H,1-2,5-8H2;;/q;+1;-1. The molecular weight excluding hydrogens is 279 g/mol. The third-order valence-electron chi connectivity index (χ3n) is 2.43. The van der Waals surface area contributed by atoms with Crippen molar-refractivity contribution in [3.63, 3.8) is 0 Å². The number of aliphatic hydroxyl groups excluding tert-OH is 2. The monoisotopic (exact) mass is 298 g/mol. The molecule has 7 nitrogen and oxygen atoms in total. The van der Waals surface area contributed by atoms with Crippen LogP contribution in [0, 0.1) is 0 Å². The Balaban J connectivity index is -0.00000162. The van der Waals surface area contributed by atoms with Crippen LogP contribution in [0.3, 0.4) is 0 Å². The van der Waals surface area contributed by atoms with Crippen molar-refractivity contribution in [2.45, 2.75) is 24.0 Å². The van der Waals surface area contributed by atoms with Crippen LogP contribution in [0.1, 0.15) is 14.3 Å². The zero-order chi connectivity index (χ0) is 15.1. The molecule has 110 valence electrons. The molecule has 0 heterocycles. The van der Waals surface area contributed by atoms with E-state index in [-0.39, 0.29) is 43.8 Å². The van der Waals surface area contributed by atoms with Crippen molar-refractivity contribution in [2.24, 2.45) is 0 Å². The molecule has 2 atom stereocenters. The van der Waals surface area contributed by atoms with Crippen LogP contribution in [0.4, 0.5) is 0 Å². The molecule has 4 N–H and O–H groups in total. The van der Waals surface area contributed by atoms with Gasteiger partial charge in [0.2, 0.25) is 0 Å². The predicted octanol–water partition coefficient (Wildman–Crippen LogP) is -4.23. The fraction of sp³-hybridized carbons (Fsp3) is 0.500. The maximum atomic E-state index is 11.5. The first-order chi connectivity index (χ1) is 8.79. The van der Waals surface area contributed by atoms with Crippen LogP contribution in [0.5, 0.6) is 0 Å². The number of rotatable bonds is 8. The number of esters is 2. The van der Waals surface area contributed by atoms with Crippen molar-refractivity contribution < 1.29 is 65.7 Å². The summed E-state index contributed by atoms with van der Waals surface area (Å²) < 4.78 is 4.27. The van der Waals surface area contributed by atoms with E-state index in [1.54, 1.807) is 0 Å². The summed E-state index contributed by atoms with van der Waals surface area (Å²) in [6.45, 7) is 4.60. The third kappa shape index (κ3) is 5.45. The quantitative estimate of drug-likeness (QED) is 0.155. The SMILES string of the molecule is C=CCC(O)(CO)C(=O)OC(=O)C(O)(CO)CC=C.[H-].[Na+]. The van der Waals surface area contributed by atoms with Gasteiger partial charge in [-0.05, 0) is 0 Å². The second kappa shape index (κ2) is 9.41. The number of hydrogen-bond donors (Lipinski definition) is 4. The first-order valence-electron chi connectivity index (χ1n) is 5.44. The molecule has 0 radical (unpaired) electrons. The molecule has 0 saturated heterocycles. The summed E-state index contributed by atoms with van der Waals surface area (Å²) in [5.41, 5.74) is -4.64. The summed E-state index contributed by atoms with van der Waals surface area (Å²) in [4.78, 5) is 23.1. The summed E-state index contributed by atoms with van der Waals surface area (Å²) in [7, 11) is 0. The smallest absolute Gasteiger partial charge is 1.00 e. The first kappa shape index (κ1) is 21.8. The van der Waals surface area contributed by atoms with Gasteiger partial charge in [-0.1, -0.05) is 12.2 Å². The van der Waals surface area contributed by atoms with Crippen LogP contribution in [0.25, 0.3) is 0 Å². The summed E-state index contributed by atoms with van der Waals surface area (Å²) >= 11 is 0. The van der Waals surface area contributed by atoms with E-state index in [2.05, 4.69) is 17.9 Å². The Labute approximate surface area is 140 Å². The Morgan fingerprint density at radius 1 is 1.00 bits per heavy atom. The molecule has 0 spiro atoms. The van der Waals surface area contributed by atoms with Crippen LogP contribution in [0.15, 0.2) is 25.3 Å². The Kier molecular flexibility index (Phi) is 10.2. The van der Waals surface area contributed by atoms with Crippen LogP contribution in [0.2, 0.25) is 0 Å². The van der Waals surface area contributed by atoms with Crippen molar-refractivity contribution in [3.05, 3.63) is 25.3 Å². The fourth-order valence-corrected chi connectivity index (χ4v) is 1.18. The van der Waals surface area contributed by atoms with E-state index < -0.39 is 36.4 Å². The average molecular weight is 298 g/mol. The second-order valence-electron chi connectivity index (χ2n) is 4.04. The zero-order valence-corrected chi connectivity index (χ0v) is 13.4. The van der Waals surface area contributed by atoms with Gasteiger partial charge in [0, 0.05) is 12.8 Å². The molecule has 0 aromatic rings. The Bertz CT molecular complexity index is 343. The van der Waals surface area contributed by atoms with Gasteiger partial charge in [0.1, 0.15) is 0 Å². The maximum Gasteiger partial charge on any atom is 1.00 e. The molecular formula is C12H19NaO7. The van der Waals surface area contributed by atoms with Crippen molar-refractivity contribution in [1.29, 1.82) is 0 Å². The maximum absolute atomic E-state index is 11.5. The Hall–Kier alpha value is -0.540. The normalized spacial score (nSPS) is 16.0. The zero-order valence-electron chi connectivity index (χ0n) is 12.4. The summed E-state index contributed by atoms with van der Waals surface area (Å²) in [6, 6.07) is 0. The van der Waals surface area contributed by atoms with Crippen LogP contribution >= 0.6 is 0 Å². The van der Waals surface area contributed by atoms with E-state index >= 15 is 0 Å². The van der Waals surface area contributed by atoms with E-state index in [4.69, 9.17) is 10.2 Å². The molecule has 0 aliphatic carbocycles. The second-order valence-corrected chi connectivity index (χ2v) is 4.04. The van der Waals surface area contributed by atoms with E-state index in [0.717, 1.165) is 12.2 Å². The van der Waals surface area contributed by atoms with Gasteiger partial charge in [0.15, 0.2) is 11.2 Å². The van der Waals surface area contributed by atoms with Crippen molar-refractivity contribution in [1.82, 2.24) is 0 Å². The largest absolute Gasteiger partial charge is 1.00 e. The van der Waals surface area contributed by atoms with Gasteiger partial charge in [-0.3, -0.25) is 0 Å². The average Bonchev–Trinajstić information content (AvgIpc) is 2.38. The van der Waals surface area contributed by atoms with Crippen LogP contribution in [-0.2, 0) is 14.3 Å². The molecule has 2 unspecified atom stereocenters. The molecule has 0 bridgehead atoms. The van der Waals surface area contributed by atoms with Crippen molar-refractivity contribution in [3.8, 4) is 0 Å². The molecule has 0 aliphatic heterocycles. The van der Waals surface area contributed by atoms with E-state index in [0.29, 0.717) is 0 Å². The van der Waals surface area contributed by atoms with Gasteiger partial charge >= 0.3 is 41.5 Å². The van der Waals surface area contributed by atoms with Gasteiger partial charge < -0.3 is 26.6 Å². The predicted molar refractivity (Wildman–Crippen MR) is 65.9 cm³/mol. The molecule has 0 aromatic heterocycles. The molecule has 0 rings (SSSR count). The van der Waals surface area contributed by atoms with Gasteiger partial charge in [-0.2, -0.15) is 0 Å². The van der Waals surface area contributed by atoms with Crippen molar-refractivity contribution in [2.75, 3.05) is 13.2 Å². The summed E-state index contributed by atoms with van der Waals surface area (Å²) in [5, 5.41) is 37.2. The molecule has 0 aromatic carbocycles. The number of carbonyl (C=O) groups is 2. The van der Waals surface area contributed by atoms with Crippen molar-refractivity contribution >= 4 is 11.9 Å². The molecule has 0 aliphatic rings. The first-order valence-corrected chi connectivity index (χ1v) is 5.44. The molecule has 0 saturated carbocycles. The number of ether oxygens (including phenoxy) is 1. The number of aliphatic hydroxyl groups is 4. The summed E-state index contributed by atoms with van der Waals surface area (Å²) in [6.07, 6.45) is 1.64. The molecule has 0 fully saturated rings. The van der Waals surface area contributed by atoms with Crippen LogP contribution in [-0.4, -0.2) is 56.8 Å². The van der Waals surface area contributed by atoms with Gasteiger partial charge in [0.05, 0.1) is 13.2 Å². The van der Waals surface area contributed by atoms with E-state index in [9.17, 15) is 19.8 Å². The van der Waals surface area contributed by atoms with Crippen LogP contribution < -0.4 is 29.6 Å². The topological polar surface area (TPSA) is 124 Å². The number of carbonyl (C=O) groups excluding carboxylic acids is 2. The minimum Gasteiger partial charge on any atom is -1.00 e. The molecule has 8 heteroatoms. The minimum atomic E-state index is -2.32. The van der Waals surface area contributed by atoms with Gasteiger partial charge in [0.25, 0.3) is 0 Å². The molecule has 20 heavy (non-hydrogen) atoms. The van der Waals surface area contributed by atoms with Gasteiger partial charge in [-0.25, -0.2) is 9.59 Å². The number of hydrogen-bond acceptors (Lipinski definition) is 7. The minimum absolute atomic E-state index is 0.